The summed E-state index contributed by atoms with van der Waals surface area (Å²) in [7, 11) is 0. The van der Waals surface area contributed by atoms with Crippen molar-refractivity contribution in [2.45, 2.75) is 44.3 Å². The summed E-state index contributed by atoms with van der Waals surface area (Å²) in [5.41, 5.74) is 0.422. The molecule has 2 aliphatic rings. The number of hydrogen-bond donors (Lipinski definition) is 2. The number of carbonyl (C=O) groups excluding carboxylic acids is 1. The lowest BCUT2D eigenvalue weighted by Crippen LogP contribution is -2.47. The highest BCUT2D eigenvalue weighted by molar-refractivity contribution is 5.93. The Bertz CT molecular complexity index is 540. The molecule has 0 aliphatic carbocycles. The summed E-state index contributed by atoms with van der Waals surface area (Å²) in [5.74, 6) is -1.11. The van der Waals surface area contributed by atoms with Crippen LogP contribution < -0.4 is 5.32 Å². The predicted octanol–water partition coefficient (Wildman–Crippen LogP) is 0.929. The van der Waals surface area contributed by atoms with E-state index in [1.807, 2.05) is 0 Å². The highest BCUT2D eigenvalue weighted by atomic mass is 16.4. The van der Waals surface area contributed by atoms with E-state index >= 15 is 0 Å². The fourth-order valence-corrected chi connectivity index (χ4v) is 3.52. The van der Waals surface area contributed by atoms with Crippen LogP contribution in [0.25, 0.3) is 0 Å². The topological polar surface area (TPSA) is 74.6 Å². The van der Waals surface area contributed by atoms with Crippen LogP contribution in [0.4, 0.5) is 0 Å². The maximum atomic E-state index is 12.3. The van der Waals surface area contributed by atoms with Crippen molar-refractivity contribution in [1.29, 1.82) is 0 Å². The lowest BCUT2D eigenvalue weighted by molar-refractivity contribution is -0.137. The molecule has 6 nitrogen and oxygen atoms in total. The summed E-state index contributed by atoms with van der Waals surface area (Å²) in [6, 6.07) is 4.18. The van der Waals surface area contributed by atoms with E-state index in [0.29, 0.717) is 11.7 Å². The second kappa shape index (κ2) is 5.89. The smallest absolute Gasteiger partial charge is 0.323 e. The summed E-state index contributed by atoms with van der Waals surface area (Å²) in [6.45, 7) is 2.05. The van der Waals surface area contributed by atoms with E-state index in [9.17, 15) is 9.59 Å². The molecule has 2 N–H and O–H groups in total. The number of rotatable bonds is 4. The number of nitrogens with zero attached hydrogens (tertiary/aromatic N) is 2. The zero-order valence-electron chi connectivity index (χ0n) is 12.0. The Morgan fingerprint density at radius 3 is 3.00 bits per heavy atom. The summed E-state index contributed by atoms with van der Waals surface area (Å²) >= 11 is 0. The number of aliphatic carboxylic acids is 1. The molecule has 2 unspecified atom stereocenters. The standard InChI is InChI=1S/C15H21N3O3/c19-14(20)10-18-7-2-4-13(18)15(21)16-11-5-8-17-6-1-3-12(17)9-11/h2,4,7,11-12H,1,3,5-6,8-10H2,(H,16,21)(H,19,20). The van der Waals surface area contributed by atoms with Crippen molar-refractivity contribution in [2.75, 3.05) is 13.1 Å². The summed E-state index contributed by atoms with van der Waals surface area (Å²) in [4.78, 5) is 25.6. The molecule has 6 heteroatoms. The van der Waals surface area contributed by atoms with Gasteiger partial charge in [0.15, 0.2) is 0 Å². The monoisotopic (exact) mass is 291 g/mol. The van der Waals surface area contributed by atoms with Crippen LogP contribution in [0.2, 0.25) is 0 Å². The molecule has 1 aromatic rings. The lowest BCUT2D eigenvalue weighted by atomic mass is 9.97. The molecule has 0 spiro atoms. The molecular formula is C15H21N3O3. The molecular weight excluding hydrogens is 270 g/mol. The first kappa shape index (κ1) is 14.1. The van der Waals surface area contributed by atoms with Crippen molar-refractivity contribution in [3.63, 3.8) is 0 Å². The summed E-state index contributed by atoms with van der Waals surface area (Å²) in [5, 5.41) is 11.9. The summed E-state index contributed by atoms with van der Waals surface area (Å²) in [6.07, 6.45) is 6.09. The Balaban J connectivity index is 1.61. The molecule has 2 fully saturated rings. The third-order valence-corrected chi connectivity index (χ3v) is 4.52. The minimum atomic E-state index is -0.945. The van der Waals surface area contributed by atoms with E-state index in [1.165, 1.54) is 24.0 Å². The van der Waals surface area contributed by atoms with Crippen molar-refractivity contribution in [3.8, 4) is 0 Å². The first-order valence-corrected chi connectivity index (χ1v) is 7.55. The maximum Gasteiger partial charge on any atom is 0.323 e. The highest BCUT2D eigenvalue weighted by Crippen LogP contribution is 2.26. The SMILES string of the molecule is O=C(O)Cn1cccc1C(=O)NC1CCN2CCCC2C1. The Morgan fingerprint density at radius 1 is 1.33 bits per heavy atom. The van der Waals surface area contributed by atoms with Crippen LogP contribution in [-0.4, -0.2) is 51.6 Å². The molecule has 0 bridgehead atoms. The van der Waals surface area contributed by atoms with Gasteiger partial charge >= 0.3 is 5.97 Å². The van der Waals surface area contributed by atoms with Crippen LogP contribution in [0.1, 0.15) is 36.2 Å². The quantitative estimate of drug-likeness (QED) is 0.865. The minimum absolute atomic E-state index is 0.169. The van der Waals surface area contributed by atoms with Crippen LogP contribution in [-0.2, 0) is 11.3 Å². The number of carboxylic acid groups (broad SMARTS) is 1. The van der Waals surface area contributed by atoms with Gasteiger partial charge in [0.2, 0.25) is 0 Å². The van der Waals surface area contributed by atoms with Gasteiger partial charge in [0.1, 0.15) is 12.2 Å². The molecule has 1 amide bonds. The molecule has 0 saturated carbocycles. The Kier molecular flexibility index (Phi) is 3.96. The number of aromatic nitrogens is 1. The van der Waals surface area contributed by atoms with Crippen molar-refractivity contribution < 1.29 is 14.7 Å². The van der Waals surface area contributed by atoms with Crippen LogP contribution >= 0.6 is 0 Å². The first-order valence-electron chi connectivity index (χ1n) is 7.55. The molecule has 114 valence electrons. The van der Waals surface area contributed by atoms with Gasteiger partial charge in [-0.2, -0.15) is 0 Å². The Hall–Kier alpha value is -1.82. The van der Waals surface area contributed by atoms with Gasteiger partial charge < -0.3 is 19.9 Å². The van der Waals surface area contributed by atoms with Crippen molar-refractivity contribution in [2.24, 2.45) is 0 Å². The molecule has 0 radical (unpaired) electrons. The molecule has 21 heavy (non-hydrogen) atoms. The average molecular weight is 291 g/mol. The molecule has 3 rings (SSSR count). The van der Waals surface area contributed by atoms with E-state index in [2.05, 4.69) is 10.2 Å². The van der Waals surface area contributed by atoms with Gasteiger partial charge in [-0.05, 0) is 44.4 Å². The average Bonchev–Trinajstić information content (AvgIpc) is 3.06. The lowest BCUT2D eigenvalue weighted by Gasteiger charge is -2.35. The van der Waals surface area contributed by atoms with Crippen LogP contribution in [0.3, 0.4) is 0 Å². The van der Waals surface area contributed by atoms with E-state index < -0.39 is 5.97 Å². The molecule has 3 heterocycles. The number of carbonyl (C=O) groups is 2. The number of carboxylic acids is 1. The van der Waals surface area contributed by atoms with Gasteiger partial charge in [0.05, 0.1) is 0 Å². The van der Waals surface area contributed by atoms with Crippen LogP contribution in [0.15, 0.2) is 18.3 Å². The second-order valence-electron chi connectivity index (χ2n) is 5.94. The third-order valence-electron chi connectivity index (χ3n) is 4.52. The molecule has 0 aromatic carbocycles. The number of nitrogens with one attached hydrogen (secondary N) is 1. The fraction of sp³-hybridized carbons (Fsp3) is 0.600. The van der Waals surface area contributed by atoms with Gasteiger partial charge in [-0.1, -0.05) is 0 Å². The van der Waals surface area contributed by atoms with E-state index in [4.69, 9.17) is 5.11 Å². The van der Waals surface area contributed by atoms with Gasteiger partial charge in [-0.3, -0.25) is 9.59 Å². The Labute approximate surface area is 123 Å². The molecule has 1 aromatic heterocycles. The normalized spacial score (nSPS) is 25.5. The van der Waals surface area contributed by atoms with E-state index in [1.54, 1.807) is 18.3 Å². The Morgan fingerprint density at radius 2 is 2.19 bits per heavy atom. The van der Waals surface area contributed by atoms with Crippen LogP contribution in [0.5, 0.6) is 0 Å². The zero-order valence-corrected chi connectivity index (χ0v) is 12.0. The van der Waals surface area contributed by atoms with Crippen LogP contribution in [0, 0.1) is 0 Å². The second-order valence-corrected chi connectivity index (χ2v) is 5.94. The number of hydrogen-bond acceptors (Lipinski definition) is 3. The fourth-order valence-electron chi connectivity index (χ4n) is 3.52. The molecule has 2 saturated heterocycles. The minimum Gasteiger partial charge on any atom is -0.480 e. The van der Waals surface area contributed by atoms with Gasteiger partial charge in [0, 0.05) is 24.8 Å². The third kappa shape index (κ3) is 3.10. The highest BCUT2D eigenvalue weighted by Gasteiger charge is 2.32. The maximum absolute atomic E-state index is 12.3. The molecule has 2 aliphatic heterocycles. The van der Waals surface area contributed by atoms with E-state index in [-0.39, 0.29) is 18.5 Å². The molecule has 2 atom stereocenters. The summed E-state index contributed by atoms with van der Waals surface area (Å²) < 4.78 is 1.47. The first-order chi connectivity index (χ1) is 10.1. The van der Waals surface area contributed by atoms with Crippen molar-refractivity contribution in [3.05, 3.63) is 24.0 Å². The van der Waals surface area contributed by atoms with Crippen molar-refractivity contribution >= 4 is 11.9 Å². The number of fused-ring (bicyclic) bond motifs is 1. The van der Waals surface area contributed by atoms with Gasteiger partial charge in [-0.15, -0.1) is 0 Å². The van der Waals surface area contributed by atoms with Crippen molar-refractivity contribution in [1.82, 2.24) is 14.8 Å². The van der Waals surface area contributed by atoms with Gasteiger partial charge in [0.25, 0.3) is 5.91 Å². The predicted molar refractivity (Wildman–Crippen MR) is 77.2 cm³/mol. The van der Waals surface area contributed by atoms with Gasteiger partial charge in [-0.25, -0.2) is 0 Å². The number of amides is 1. The van der Waals surface area contributed by atoms with E-state index in [0.717, 1.165) is 19.4 Å². The number of piperidine rings is 1. The largest absolute Gasteiger partial charge is 0.480 e. The zero-order chi connectivity index (χ0) is 14.8.